The predicted molar refractivity (Wildman–Crippen MR) is 147 cm³/mol. The summed E-state index contributed by atoms with van der Waals surface area (Å²) in [4.78, 5) is 19.7. The van der Waals surface area contributed by atoms with Gasteiger partial charge < -0.3 is 4.98 Å². The van der Waals surface area contributed by atoms with Crippen LogP contribution in [0.4, 0.5) is 4.39 Å². The second-order valence-electron chi connectivity index (χ2n) is 10.1. The SMILES string of the molecule is Cc1cc(F)cc(-c2nccc3[nH]c(-c4n[nH]c5ncc(-c6cncc(CN7CCCC7)c6)cc45)cc23)c1. The Balaban J connectivity index is 1.28. The van der Waals surface area contributed by atoms with Gasteiger partial charge in [-0.25, -0.2) is 9.37 Å². The topological polar surface area (TPSA) is 86.4 Å². The maximum atomic E-state index is 14.2. The fraction of sp³-hybridized carbons (Fsp3) is 0.200. The molecule has 7 rings (SSSR count). The van der Waals surface area contributed by atoms with Crippen molar-refractivity contribution in [2.75, 3.05) is 13.1 Å². The first kappa shape index (κ1) is 22.7. The van der Waals surface area contributed by atoms with Crippen molar-refractivity contribution in [2.24, 2.45) is 0 Å². The lowest BCUT2D eigenvalue weighted by atomic mass is 10.0. The van der Waals surface area contributed by atoms with Gasteiger partial charge in [0.15, 0.2) is 5.65 Å². The highest BCUT2D eigenvalue weighted by molar-refractivity contribution is 6.00. The Morgan fingerprint density at radius 1 is 0.868 bits per heavy atom. The quantitative estimate of drug-likeness (QED) is 0.289. The molecule has 8 heteroatoms. The number of aromatic amines is 2. The highest BCUT2D eigenvalue weighted by Gasteiger charge is 2.17. The van der Waals surface area contributed by atoms with Crippen molar-refractivity contribution in [1.29, 1.82) is 0 Å². The third-order valence-corrected chi connectivity index (χ3v) is 7.27. The van der Waals surface area contributed by atoms with Crippen LogP contribution in [-0.4, -0.2) is 48.1 Å². The second kappa shape index (κ2) is 9.15. The normalized spacial score (nSPS) is 14.2. The third kappa shape index (κ3) is 4.13. The summed E-state index contributed by atoms with van der Waals surface area (Å²) < 4.78 is 14.2. The lowest BCUT2D eigenvalue weighted by molar-refractivity contribution is 0.331. The van der Waals surface area contributed by atoms with Crippen LogP contribution in [0.2, 0.25) is 0 Å². The number of halogens is 1. The van der Waals surface area contributed by atoms with E-state index in [4.69, 9.17) is 0 Å². The summed E-state index contributed by atoms with van der Waals surface area (Å²) >= 11 is 0. The molecular weight excluding hydrogens is 477 g/mol. The fourth-order valence-electron chi connectivity index (χ4n) is 5.48. The maximum Gasteiger partial charge on any atom is 0.155 e. The van der Waals surface area contributed by atoms with E-state index in [0.717, 1.165) is 75.3 Å². The highest BCUT2D eigenvalue weighted by atomic mass is 19.1. The number of H-pyrrole nitrogens is 2. The molecule has 6 heterocycles. The lowest BCUT2D eigenvalue weighted by Crippen LogP contribution is -2.18. The number of aryl methyl sites for hydroxylation is 1. The standard InChI is InChI=1S/C30H26FN7/c1-18-8-20(11-23(31)9-18)28-24-13-27(35-26(24)4-5-33-28)29-25-12-22(16-34-30(25)37-36-29)21-10-19(14-32-15-21)17-38-6-2-3-7-38/h4-5,8-16,35H,2-3,6-7,17H2,1H3,(H,34,36,37). The van der Waals surface area contributed by atoms with Crippen molar-refractivity contribution in [1.82, 2.24) is 35.0 Å². The van der Waals surface area contributed by atoms with Crippen molar-refractivity contribution in [3.63, 3.8) is 0 Å². The van der Waals surface area contributed by atoms with E-state index in [-0.39, 0.29) is 5.82 Å². The van der Waals surface area contributed by atoms with Gasteiger partial charge in [0, 0.05) is 64.3 Å². The second-order valence-corrected chi connectivity index (χ2v) is 10.1. The summed E-state index contributed by atoms with van der Waals surface area (Å²) in [6.45, 7) is 5.10. The first-order valence-corrected chi connectivity index (χ1v) is 12.9. The van der Waals surface area contributed by atoms with Crippen molar-refractivity contribution in [3.8, 4) is 33.8 Å². The zero-order valence-corrected chi connectivity index (χ0v) is 21.0. The number of pyridine rings is 3. The Morgan fingerprint density at radius 2 is 1.74 bits per heavy atom. The Bertz CT molecular complexity index is 1780. The van der Waals surface area contributed by atoms with Gasteiger partial charge >= 0.3 is 0 Å². The third-order valence-electron chi connectivity index (χ3n) is 7.27. The molecule has 1 saturated heterocycles. The molecule has 2 N–H and O–H groups in total. The molecule has 0 atom stereocenters. The molecular formula is C30H26FN7. The van der Waals surface area contributed by atoms with E-state index < -0.39 is 0 Å². The molecule has 1 aliphatic rings. The molecule has 0 amide bonds. The number of nitrogens with zero attached hydrogens (tertiary/aromatic N) is 5. The smallest absolute Gasteiger partial charge is 0.155 e. The van der Waals surface area contributed by atoms with E-state index in [1.54, 1.807) is 6.20 Å². The van der Waals surface area contributed by atoms with Gasteiger partial charge in [-0.05, 0) is 86.4 Å². The van der Waals surface area contributed by atoms with E-state index in [1.807, 2.05) is 43.7 Å². The fourth-order valence-corrected chi connectivity index (χ4v) is 5.48. The molecule has 0 unspecified atom stereocenters. The van der Waals surface area contributed by atoms with Gasteiger partial charge in [0.2, 0.25) is 0 Å². The molecule has 0 spiro atoms. The number of fused-ring (bicyclic) bond motifs is 2. The van der Waals surface area contributed by atoms with E-state index >= 15 is 0 Å². The summed E-state index contributed by atoms with van der Waals surface area (Å²) in [5, 5.41) is 9.47. The molecule has 38 heavy (non-hydrogen) atoms. The van der Waals surface area contributed by atoms with E-state index in [1.165, 1.54) is 30.5 Å². The van der Waals surface area contributed by atoms with Crippen molar-refractivity contribution >= 4 is 21.9 Å². The average molecular weight is 504 g/mol. The minimum Gasteiger partial charge on any atom is -0.353 e. The van der Waals surface area contributed by atoms with Crippen LogP contribution in [0.5, 0.6) is 0 Å². The van der Waals surface area contributed by atoms with E-state index in [0.29, 0.717) is 5.65 Å². The number of aromatic nitrogens is 6. The number of benzene rings is 1. The van der Waals surface area contributed by atoms with Crippen molar-refractivity contribution in [3.05, 3.63) is 84.2 Å². The zero-order valence-electron chi connectivity index (χ0n) is 21.0. The van der Waals surface area contributed by atoms with Crippen molar-refractivity contribution < 1.29 is 4.39 Å². The zero-order chi connectivity index (χ0) is 25.6. The molecule has 1 aliphatic heterocycles. The first-order valence-electron chi connectivity index (χ1n) is 12.9. The molecule has 6 aromatic rings. The van der Waals surface area contributed by atoms with Crippen molar-refractivity contribution in [2.45, 2.75) is 26.3 Å². The molecule has 0 radical (unpaired) electrons. The van der Waals surface area contributed by atoms with Crippen LogP contribution >= 0.6 is 0 Å². The Labute approximate surface area is 218 Å². The monoisotopic (exact) mass is 503 g/mol. The number of likely N-dealkylation sites (tertiary alicyclic amines) is 1. The minimum absolute atomic E-state index is 0.273. The Hall–Kier alpha value is -4.43. The molecule has 5 aromatic heterocycles. The number of nitrogens with one attached hydrogen (secondary N) is 2. The van der Waals surface area contributed by atoms with Gasteiger partial charge in [-0.1, -0.05) is 0 Å². The maximum absolute atomic E-state index is 14.2. The largest absolute Gasteiger partial charge is 0.353 e. The molecule has 0 aliphatic carbocycles. The summed E-state index contributed by atoms with van der Waals surface area (Å²) in [6, 6.07) is 13.2. The van der Waals surface area contributed by atoms with Crippen LogP contribution in [0, 0.1) is 12.7 Å². The van der Waals surface area contributed by atoms with Crippen LogP contribution in [0.15, 0.2) is 67.3 Å². The van der Waals surface area contributed by atoms with E-state index in [9.17, 15) is 4.39 Å². The van der Waals surface area contributed by atoms with E-state index in [2.05, 4.69) is 47.2 Å². The number of rotatable bonds is 5. The molecule has 188 valence electrons. The number of hydrogen-bond acceptors (Lipinski definition) is 5. The molecule has 1 fully saturated rings. The minimum atomic E-state index is -0.273. The predicted octanol–water partition coefficient (Wildman–Crippen LogP) is 6.27. The Kier molecular flexibility index (Phi) is 5.47. The summed E-state index contributed by atoms with van der Waals surface area (Å²) in [5.41, 5.74) is 8.79. The van der Waals surface area contributed by atoms with Gasteiger partial charge in [0.1, 0.15) is 11.5 Å². The first-order chi connectivity index (χ1) is 18.6. The van der Waals surface area contributed by atoms with Gasteiger partial charge in [-0.15, -0.1) is 0 Å². The summed E-state index contributed by atoms with van der Waals surface area (Å²) in [5.74, 6) is -0.273. The van der Waals surface area contributed by atoms with Gasteiger partial charge in [-0.2, -0.15) is 5.10 Å². The number of hydrogen-bond donors (Lipinski definition) is 2. The molecule has 7 nitrogen and oxygen atoms in total. The lowest BCUT2D eigenvalue weighted by Gasteiger charge is -2.14. The van der Waals surface area contributed by atoms with Gasteiger partial charge in [-0.3, -0.25) is 20.0 Å². The molecule has 0 bridgehead atoms. The van der Waals surface area contributed by atoms with Crippen LogP contribution < -0.4 is 0 Å². The van der Waals surface area contributed by atoms with Crippen LogP contribution in [0.3, 0.4) is 0 Å². The average Bonchev–Trinajstić information content (AvgIpc) is 3.67. The van der Waals surface area contributed by atoms with Crippen LogP contribution in [0.25, 0.3) is 55.7 Å². The highest BCUT2D eigenvalue weighted by Crippen LogP contribution is 2.34. The van der Waals surface area contributed by atoms with Gasteiger partial charge in [0.05, 0.1) is 11.4 Å². The van der Waals surface area contributed by atoms with Crippen LogP contribution in [-0.2, 0) is 6.54 Å². The summed E-state index contributed by atoms with van der Waals surface area (Å²) in [6.07, 6.45) is 9.97. The molecule has 0 saturated carbocycles. The molecule has 1 aromatic carbocycles. The Morgan fingerprint density at radius 3 is 2.61 bits per heavy atom. The van der Waals surface area contributed by atoms with Gasteiger partial charge in [0.25, 0.3) is 0 Å². The summed E-state index contributed by atoms with van der Waals surface area (Å²) in [7, 11) is 0. The van der Waals surface area contributed by atoms with Crippen LogP contribution in [0.1, 0.15) is 24.0 Å².